The van der Waals surface area contributed by atoms with Crippen molar-refractivity contribution in [2.75, 3.05) is 33.1 Å². The summed E-state index contributed by atoms with van der Waals surface area (Å²) >= 11 is 0. The maximum absolute atomic E-state index is 8.91. The Kier molecular flexibility index (Phi) is 16.3. The summed E-state index contributed by atoms with van der Waals surface area (Å²) in [5.74, 6) is 0. The average Bonchev–Trinajstić information content (AvgIpc) is 2.14. The summed E-state index contributed by atoms with van der Waals surface area (Å²) in [5, 5.41) is 35.5. The van der Waals surface area contributed by atoms with Crippen molar-refractivity contribution in [3.63, 3.8) is 0 Å². The van der Waals surface area contributed by atoms with E-state index in [2.05, 4.69) is 6.92 Å². The second-order valence-corrected chi connectivity index (χ2v) is 2.60. The maximum atomic E-state index is 8.91. The molecule has 0 saturated carbocycles. The topological polar surface area (TPSA) is 84.2 Å². The SMILES string of the molecule is [CH2-]CN(CO)C(CO)(CO)CO.[CH3-].[K+]. The van der Waals surface area contributed by atoms with Gasteiger partial charge in [-0.25, -0.2) is 0 Å². The summed E-state index contributed by atoms with van der Waals surface area (Å²) in [6, 6.07) is 0. The molecule has 4 N–H and O–H groups in total. The van der Waals surface area contributed by atoms with E-state index in [0.717, 1.165) is 0 Å². The molecule has 82 valence electrons. The van der Waals surface area contributed by atoms with Gasteiger partial charge in [-0.2, -0.15) is 0 Å². The minimum absolute atomic E-state index is 0. The monoisotopic (exact) mass is 232 g/mol. The third kappa shape index (κ3) is 4.98. The van der Waals surface area contributed by atoms with Crippen LogP contribution in [-0.2, 0) is 0 Å². The van der Waals surface area contributed by atoms with E-state index in [0.29, 0.717) is 0 Å². The van der Waals surface area contributed by atoms with Gasteiger partial charge in [0.25, 0.3) is 0 Å². The molecule has 0 fully saturated rings. The summed E-state index contributed by atoms with van der Waals surface area (Å²) < 4.78 is 0. The Morgan fingerprint density at radius 1 is 1.00 bits per heavy atom. The fourth-order valence-corrected chi connectivity index (χ4v) is 0.908. The second kappa shape index (κ2) is 10.9. The van der Waals surface area contributed by atoms with Crippen LogP contribution in [-0.4, -0.2) is 64.0 Å². The zero-order valence-electron chi connectivity index (χ0n) is 8.98. The largest absolute Gasteiger partial charge is 1.00 e. The van der Waals surface area contributed by atoms with Crippen LogP contribution in [0.2, 0.25) is 0 Å². The molecule has 0 unspecified atom stereocenters. The summed E-state index contributed by atoms with van der Waals surface area (Å²) in [4.78, 5) is 1.30. The molecule has 0 aromatic rings. The van der Waals surface area contributed by atoms with Gasteiger partial charge in [-0.3, -0.25) is 4.90 Å². The Balaban J connectivity index is -0.000000605. The number of nitrogens with zero attached hydrogens (tertiary/aromatic N) is 1. The third-order valence-electron chi connectivity index (χ3n) is 1.99. The van der Waals surface area contributed by atoms with Crippen molar-refractivity contribution in [3.05, 3.63) is 14.4 Å². The van der Waals surface area contributed by atoms with Crippen molar-refractivity contribution in [2.45, 2.75) is 5.54 Å². The van der Waals surface area contributed by atoms with E-state index >= 15 is 0 Å². The van der Waals surface area contributed by atoms with E-state index in [1.807, 2.05) is 0 Å². The van der Waals surface area contributed by atoms with Gasteiger partial charge in [0.15, 0.2) is 0 Å². The fourth-order valence-electron chi connectivity index (χ4n) is 0.908. The Labute approximate surface area is 128 Å². The molecule has 0 heterocycles. The molecular weight excluding hydrogens is 213 g/mol. The Morgan fingerprint density at radius 2 is 1.36 bits per heavy atom. The predicted molar refractivity (Wildman–Crippen MR) is 49.6 cm³/mol. The predicted octanol–water partition coefficient (Wildman–Crippen LogP) is -4.76. The van der Waals surface area contributed by atoms with Gasteiger partial charge in [0.2, 0.25) is 0 Å². The Hall–Kier alpha value is 1.44. The van der Waals surface area contributed by atoms with Crippen molar-refractivity contribution in [1.29, 1.82) is 0 Å². The van der Waals surface area contributed by atoms with E-state index in [1.54, 1.807) is 0 Å². The maximum Gasteiger partial charge on any atom is 1.00 e. The van der Waals surface area contributed by atoms with Crippen LogP contribution in [0.25, 0.3) is 0 Å². The molecule has 0 spiro atoms. The molecule has 0 aliphatic rings. The third-order valence-corrected chi connectivity index (χ3v) is 1.99. The summed E-state index contributed by atoms with van der Waals surface area (Å²) in [7, 11) is 0. The van der Waals surface area contributed by atoms with Crippen LogP contribution in [0, 0.1) is 14.4 Å². The Morgan fingerprint density at radius 3 is 1.43 bits per heavy atom. The zero-order valence-corrected chi connectivity index (χ0v) is 12.1. The molecule has 0 amide bonds. The van der Waals surface area contributed by atoms with Crippen molar-refractivity contribution >= 4 is 0 Å². The number of rotatable bonds is 6. The number of aliphatic hydroxyl groups is 4. The standard InChI is InChI=1S/C7H16NO4.CH3.K/c1-2-8(6-12)7(3-9,4-10)5-11;;/h9-12H,1-6H2;1H3;/q2*-1;+1. The van der Waals surface area contributed by atoms with Gasteiger partial charge in [-0.15, -0.1) is 6.54 Å². The van der Waals surface area contributed by atoms with Crippen LogP contribution in [0.3, 0.4) is 0 Å². The van der Waals surface area contributed by atoms with E-state index in [4.69, 9.17) is 20.4 Å². The van der Waals surface area contributed by atoms with E-state index in [-0.39, 0.29) is 72.1 Å². The van der Waals surface area contributed by atoms with Crippen LogP contribution in [0.1, 0.15) is 0 Å². The van der Waals surface area contributed by atoms with Gasteiger partial charge >= 0.3 is 51.4 Å². The first-order chi connectivity index (χ1) is 5.70. The van der Waals surface area contributed by atoms with Crippen molar-refractivity contribution < 1.29 is 71.8 Å². The summed E-state index contributed by atoms with van der Waals surface area (Å²) in [6.07, 6.45) is 0. The van der Waals surface area contributed by atoms with Gasteiger partial charge in [0, 0.05) is 0 Å². The first-order valence-corrected chi connectivity index (χ1v) is 3.68. The first-order valence-electron chi connectivity index (χ1n) is 3.68. The molecule has 0 radical (unpaired) electrons. The van der Waals surface area contributed by atoms with Crippen LogP contribution >= 0.6 is 0 Å². The second-order valence-electron chi connectivity index (χ2n) is 2.60. The van der Waals surface area contributed by atoms with Crippen LogP contribution in [0.4, 0.5) is 0 Å². The molecule has 0 atom stereocenters. The van der Waals surface area contributed by atoms with Crippen LogP contribution < -0.4 is 51.4 Å². The van der Waals surface area contributed by atoms with Crippen molar-refractivity contribution in [3.8, 4) is 0 Å². The quantitative estimate of drug-likeness (QED) is 0.210. The normalized spacial score (nSPS) is 10.7. The summed E-state index contributed by atoms with van der Waals surface area (Å²) in [5.41, 5.74) is -1.17. The fraction of sp³-hybridized carbons (Fsp3) is 0.750. The molecule has 6 heteroatoms. The first kappa shape index (κ1) is 20.8. The van der Waals surface area contributed by atoms with Gasteiger partial charge < -0.3 is 34.8 Å². The van der Waals surface area contributed by atoms with E-state index < -0.39 is 25.4 Å². The number of hydrogen-bond donors (Lipinski definition) is 4. The van der Waals surface area contributed by atoms with Gasteiger partial charge in [-0.05, 0) is 0 Å². The summed E-state index contributed by atoms with van der Waals surface area (Å²) in [6.45, 7) is 2.09. The minimum atomic E-state index is -1.17. The van der Waals surface area contributed by atoms with Gasteiger partial charge in [-0.1, -0.05) is 0 Å². The number of hydrogen-bond acceptors (Lipinski definition) is 5. The molecule has 0 rings (SSSR count). The number of aliphatic hydroxyl groups excluding tert-OH is 4. The molecule has 0 saturated heterocycles. The van der Waals surface area contributed by atoms with Crippen LogP contribution in [0.5, 0.6) is 0 Å². The average molecular weight is 232 g/mol. The smallest absolute Gasteiger partial charge is 0.394 e. The van der Waals surface area contributed by atoms with Crippen molar-refractivity contribution in [1.82, 2.24) is 4.90 Å². The zero-order chi connectivity index (χ0) is 9.61. The Bertz CT molecular complexity index is 110. The molecule has 0 aromatic heterocycles. The van der Waals surface area contributed by atoms with E-state index in [9.17, 15) is 0 Å². The molecular formula is C8H19KNO4-. The molecule has 0 aliphatic heterocycles. The van der Waals surface area contributed by atoms with Gasteiger partial charge in [0.1, 0.15) is 0 Å². The van der Waals surface area contributed by atoms with Crippen molar-refractivity contribution in [2.24, 2.45) is 0 Å². The van der Waals surface area contributed by atoms with Crippen LogP contribution in [0.15, 0.2) is 0 Å². The van der Waals surface area contributed by atoms with E-state index in [1.165, 1.54) is 4.90 Å². The molecule has 0 bridgehead atoms. The molecule has 0 aromatic carbocycles. The van der Waals surface area contributed by atoms with Gasteiger partial charge in [0.05, 0.1) is 32.1 Å². The molecule has 14 heavy (non-hydrogen) atoms. The minimum Gasteiger partial charge on any atom is -0.394 e. The molecule has 5 nitrogen and oxygen atoms in total. The molecule has 0 aliphatic carbocycles.